The minimum atomic E-state index is -3.10. The van der Waals surface area contributed by atoms with Gasteiger partial charge in [-0.3, -0.25) is 4.99 Å². The van der Waals surface area contributed by atoms with Crippen LogP contribution in [0.4, 0.5) is 0 Å². The summed E-state index contributed by atoms with van der Waals surface area (Å²) in [6.07, 6.45) is 8.72. The van der Waals surface area contributed by atoms with E-state index in [-0.39, 0.29) is 5.75 Å². The molecule has 3 N–H and O–H groups in total. The maximum absolute atomic E-state index is 11.3. The number of ether oxygens (including phenoxy) is 1. The number of aliphatic imine (C=N–C) groups is 1. The summed E-state index contributed by atoms with van der Waals surface area (Å²) in [5, 5.41) is 6.39. The average Bonchev–Trinajstić information content (AvgIpc) is 2.85. The summed E-state index contributed by atoms with van der Waals surface area (Å²) in [4.78, 5) is 4.15. The van der Waals surface area contributed by atoms with Crippen LogP contribution in [-0.2, 0) is 14.8 Å². The van der Waals surface area contributed by atoms with Gasteiger partial charge in [-0.25, -0.2) is 13.1 Å². The second-order valence-corrected chi connectivity index (χ2v) is 8.16. The van der Waals surface area contributed by atoms with Crippen molar-refractivity contribution in [1.82, 2.24) is 15.4 Å². The first-order valence-corrected chi connectivity index (χ1v) is 10.8. The summed E-state index contributed by atoms with van der Waals surface area (Å²) in [7, 11) is -1.37. The highest BCUT2D eigenvalue weighted by Crippen LogP contribution is 2.19. The van der Waals surface area contributed by atoms with Crippen molar-refractivity contribution in [3.8, 4) is 0 Å². The highest BCUT2D eigenvalue weighted by Gasteiger charge is 2.12. The zero-order valence-electron chi connectivity index (χ0n) is 15.1. The molecule has 0 aromatic rings. The van der Waals surface area contributed by atoms with E-state index in [0.29, 0.717) is 32.2 Å². The van der Waals surface area contributed by atoms with Crippen molar-refractivity contribution in [3.05, 3.63) is 0 Å². The summed E-state index contributed by atoms with van der Waals surface area (Å²) < 4.78 is 31.1. The van der Waals surface area contributed by atoms with Crippen LogP contribution in [0.15, 0.2) is 4.99 Å². The molecular formula is C16H34N4O3S. The zero-order valence-corrected chi connectivity index (χ0v) is 16.0. The lowest BCUT2D eigenvalue weighted by molar-refractivity contribution is 0.0468. The normalized spacial score (nSPS) is 17.5. The monoisotopic (exact) mass is 362 g/mol. The Morgan fingerprint density at radius 3 is 2.38 bits per heavy atom. The van der Waals surface area contributed by atoms with E-state index in [1.165, 1.54) is 38.5 Å². The van der Waals surface area contributed by atoms with Gasteiger partial charge < -0.3 is 15.4 Å². The molecular weight excluding hydrogens is 328 g/mol. The van der Waals surface area contributed by atoms with E-state index in [0.717, 1.165) is 12.5 Å². The molecule has 1 fully saturated rings. The SMILES string of the molecule is CCS(=O)(=O)NCCCNC(=NC)NCCOC1CCCCCC1. The molecule has 1 rings (SSSR count). The van der Waals surface area contributed by atoms with Crippen LogP contribution >= 0.6 is 0 Å². The largest absolute Gasteiger partial charge is 0.376 e. The Morgan fingerprint density at radius 1 is 1.08 bits per heavy atom. The van der Waals surface area contributed by atoms with E-state index in [4.69, 9.17) is 4.74 Å². The fraction of sp³-hybridized carbons (Fsp3) is 0.938. The first-order chi connectivity index (χ1) is 11.6. The van der Waals surface area contributed by atoms with Gasteiger partial charge in [-0.05, 0) is 26.2 Å². The molecule has 0 aliphatic heterocycles. The highest BCUT2D eigenvalue weighted by atomic mass is 32.2. The van der Waals surface area contributed by atoms with Gasteiger partial charge in [-0.2, -0.15) is 0 Å². The van der Waals surface area contributed by atoms with Gasteiger partial charge in [0.2, 0.25) is 10.0 Å². The maximum Gasteiger partial charge on any atom is 0.211 e. The van der Waals surface area contributed by atoms with Crippen molar-refractivity contribution in [2.45, 2.75) is 58.0 Å². The molecule has 0 aromatic heterocycles. The lowest BCUT2D eigenvalue weighted by Crippen LogP contribution is -2.40. The van der Waals surface area contributed by atoms with Crippen molar-refractivity contribution in [3.63, 3.8) is 0 Å². The van der Waals surface area contributed by atoms with Crippen LogP contribution in [0, 0.1) is 0 Å². The molecule has 1 aliphatic rings. The van der Waals surface area contributed by atoms with Crippen LogP contribution in [0.3, 0.4) is 0 Å². The van der Waals surface area contributed by atoms with Crippen LogP contribution in [0.1, 0.15) is 51.9 Å². The Morgan fingerprint density at radius 2 is 1.75 bits per heavy atom. The van der Waals surface area contributed by atoms with Crippen LogP contribution in [0.5, 0.6) is 0 Å². The molecule has 24 heavy (non-hydrogen) atoms. The number of rotatable bonds is 10. The third kappa shape index (κ3) is 10.1. The maximum atomic E-state index is 11.3. The highest BCUT2D eigenvalue weighted by molar-refractivity contribution is 7.89. The molecule has 0 amide bonds. The molecule has 0 bridgehead atoms. The summed E-state index contributed by atoms with van der Waals surface area (Å²) >= 11 is 0. The fourth-order valence-corrected chi connectivity index (χ4v) is 3.31. The summed E-state index contributed by atoms with van der Waals surface area (Å²) in [5.74, 6) is 0.836. The van der Waals surface area contributed by atoms with Crippen LogP contribution in [0.25, 0.3) is 0 Å². The van der Waals surface area contributed by atoms with Crippen molar-refractivity contribution in [2.75, 3.05) is 39.0 Å². The molecule has 0 spiro atoms. The van der Waals surface area contributed by atoms with E-state index in [1.54, 1.807) is 14.0 Å². The van der Waals surface area contributed by atoms with E-state index in [9.17, 15) is 8.42 Å². The lowest BCUT2D eigenvalue weighted by Gasteiger charge is -2.16. The van der Waals surface area contributed by atoms with Gasteiger partial charge in [0.15, 0.2) is 5.96 Å². The minimum Gasteiger partial charge on any atom is -0.376 e. The first-order valence-electron chi connectivity index (χ1n) is 9.11. The molecule has 8 heteroatoms. The van der Waals surface area contributed by atoms with Crippen LogP contribution in [-0.4, -0.2) is 59.5 Å². The van der Waals surface area contributed by atoms with E-state index >= 15 is 0 Å². The Labute approximate surface area is 147 Å². The summed E-state index contributed by atoms with van der Waals surface area (Å²) in [6.45, 7) is 4.13. The van der Waals surface area contributed by atoms with Gasteiger partial charge in [0.05, 0.1) is 18.5 Å². The van der Waals surface area contributed by atoms with Gasteiger partial charge in [-0.15, -0.1) is 0 Å². The van der Waals surface area contributed by atoms with Crippen molar-refractivity contribution >= 4 is 16.0 Å². The number of nitrogens with zero attached hydrogens (tertiary/aromatic N) is 1. The van der Waals surface area contributed by atoms with Gasteiger partial charge in [0, 0.05) is 26.7 Å². The second kappa shape index (κ2) is 12.5. The number of guanidine groups is 1. The molecule has 0 saturated heterocycles. The Balaban J connectivity index is 2.06. The molecule has 7 nitrogen and oxygen atoms in total. The van der Waals surface area contributed by atoms with Gasteiger partial charge in [0.1, 0.15) is 0 Å². The van der Waals surface area contributed by atoms with Crippen LogP contribution < -0.4 is 15.4 Å². The number of hydrogen-bond acceptors (Lipinski definition) is 4. The van der Waals surface area contributed by atoms with Gasteiger partial charge in [-0.1, -0.05) is 25.7 Å². The summed E-state index contributed by atoms with van der Waals surface area (Å²) in [5.41, 5.74) is 0. The Bertz CT molecular complexity index is 446. The molecule has 0 atom stereocenters. The summed E-state index contributed by atoms with van der Waals surface area (Å²) in [6, 6.07) is 0. The molecule has 0 heterocycles. The zero-order chi connectivity index (χ0) is 17.7. The predicted octanol–water partition coefficient (Wildman–Crippen LogP) is 1.22. The lowest BCUT2D eigenvalue weighted by atomic mass is 10.1. The molecule has 1 saturated carbocycles. The topological polar surface area (TPSA) is 91.8 Å². The van der Waals surface area contributed by atoms with Crippen molar-refractivity contribution < 1.29 is 13.2 Å². The third-order valence-electron chi connectivity index (χ3n) is 4.12. The third-order valence-corrected chi connectivity index (χ3v) is 5.53. The first kappa shape index (κ1) is 21.2. The molecule has 1 aliphatic carbocycles. The number of hydrogen-bond donors (Lipinski definition) is 3. The van der Waals surface area contributed by atoms with Gasteiger partial charge in [0.25, 0.3) is 0 Å². The molecule has 0 radical (unpaired) electrons. The Hall–Kier alpha value is -0.860. The fourth-order valence-electron chi connectivity index (χ4n) is 2.65. The number of sulfonamides is 1. The van der Waals surface area contributed by atoms with Crippen molar-refractivity contribution in [2.24, 2.45) is 4.99 Å². The second-order valence-electron chi connectivity index (χ2n) is 6.06. The average molecular weight is 363 g/mol. The molecule has 0 aromatic carbocycles. The number of nitrogens with one attached hydrogen (secondary N) is 3. The van der Waals surface area contributed by atoms with E-state index in [1.807, 2.05) is 0 Å². The smallest absolute Gasteiger partial charge is 0.211 e. The van der Waals surface area contributed by atoms with E-state index in [2.05, 4.69) is 20.3 Å². The quantitative estimate of drug-likeness (QED) is 0.235. The predicted molar refractivity (Wildman–Crippen MR) is 98.9 cm³/mol. The standard InChI is InChI=1S/C16H34N4O3S/c1-3-24(21,22)20-12-8-11-18-16(17-2)19-13-14-23-15-9-6-4-5-7-10-15/h15,20H,3-14H2,1-2H3,(H2,17,18,19). The molecule has 0 unspecified atom stereocenters. The Kier molecular flexibility index (Phi) is 11.0. The van der Waals surface area contributed by atoms with Crippen LogP contribution in [0.2, 0.25) is 0 Å². The van der Waals surface area contributed by atoms with E-state index < -0.39 is 10.0 Å². The molecule has 142 valence electrons. The minimum absolute atomic E-state index is 0.116. The van der Waals surface area contributed by atoms with Crippen molar-refractivity contribution in [1.29, 1.82) is 0 Å². The van der Waals surface area contributed by atoms with Gasteiger partial charge >= 0.3 is 0 Å².